The maximum atomic E-state index is 12.4. The van der Waals surface area contributed by atoms with Gasteiger partial charge in [-0.15, -0.1) is 0 Å². The lowest BCUT2D eigenvalue weighted by molar-refractivity contribution is -0.0512. The summed E-state index contributed by atoms with van der Waals surface area (Å²) in [6.45, 7) is 0.902. The van der Waals surface area contributed by atoms with Crippen LogP contribution in [0.25, 0.3) is 0 Å². The number of para-hydroxylation sites is 1. The fourth-order valence-electron chi connectivity index (χ4n) is 2.39. The summed E-state index contributed by atoms with van der Waals surface area (Å²) in [6, 6.07) is 5.44. The molecule has 0 spiro atoms. The zero-order valence-electron chi connectivity index (χ0n) is 10.0. The Bertz CT molecular complexity index is 414. The van der Waals surface area contributed by atoms with Gasteiger partial charge >= 0.3 is 6.61 Å². The molecule has 2 nitrogen and oxygen atoms in total. The summed E-state index contributed by atoms with van der Waals surface area (Å²) in [5.41, 5.74) is 7.36. The number of ether oxygens (including phenoxy) is 1. The molecule has 0 heterocycles. The quantitative estimate of drug-likeness (QED) is 0.879. The van der Waals surface area contributed by atoms with Gasteiger partial charge in [-0.1, -0.05) is 18.2 Å². The Balaban J connectivity index is 2.43. The minimum Gasteiger partial charge on any atom is -0.434 e. The van der Waals surface area contributed by atoms with Gasteiger partial charge in [0.15, 0.2) is 0 Å². The van der Waals surface area contributed by atoms with Crippen LogP contribution >= 0.6 is 0 Å². The van der Waals surface area contributed by atoms with Crippen LogP contribution in [0.5, 0.6) is 5.75 Å². The first-order valence-electron chi connectivity index (χ1n) is 5.78. The summed E-state index contributed by atoms with van der Waals surface area (Å²) in [6.07, 6.45) is 1.88. The average molecular weight is 241 g/mol. The Kier molecular flexibility index (Phi) is 3.08. The van der Waals surface area contributed by atoms with Gasteiger partial charge in [-0.3, -0.25) is 0 Å². The van der Waals surface area contributed by atoms with E-state index in [-0.39, 0.29) is 11.5 Å². The highest BCUT2D eigenvalue weighted by Gasteiger charge is 2.49. The molecule has 1 saturated carbocycles. The van der Waals surface area contributed by atoms with Gasteiger partial charge in [0, 0.05) is 17.0 Å². The Hall–Kier alpha value is -1.16. The van der Waals surface area contributed by atoms with Crippen LogP contribution in [-0.4, -0.2) is 12.7 Å². The predicted molar refractivity (Wildman–Crippen MR) is 62.4 cm³/mol. The van der Waals surface area contributed by atoms with Crippen LogP contribution in [0.15, 0.2) is 18.2 Å². The Morgan fingerprint density at radius 2 is 2.00 bits per heavy atom. The molecule has 1 aromatic rings. The van der Waals surface area contributed by atoms with Gasteiger partial charge in [-0.2, -0.15) is 8.78 Å². The highest BCUT2D eigenvalue weighted by molar-refractivity contribution is 5.49. The second-order valence-electron chi connectivity index (χ2n) is 4.77. The van der Waals surface area contributed by atoms with Gasteiger partial charge in [0.1, 0.15) is 5.75 Å². The van der Waals surface area contributed by atoms with Crippen LogP contribution in [-0.2, 0) is 5.41 Å². The molecule has 0 aliphatic heterocycles. The van der Waals surface area contributed by atoms with Crippen molar-refractivity contribution < 1.29 is 13.5 Å². The number of nitrogens with two attached hydrogens (primary N) is 1. The fourth-order valence-corrected chi connectivity index (χ4v) is 2.39. The Morgan fingerprint density at radius 3 is 2.47 bits per heavy atom. The molecule has 1 aromatic carbocycles. The van der Waals surface area contributed by atoms with Gasteiger partial charge in [0.2, 0.25) is 0 Å². The van der Waals surface area contributed by atoms with E-state index in [1.807, 2.05) is 19.1 Å². The third-order valence-corrected chi connectivity index (χ3v) is 3.62. The minimum absolute atomic E-state index is 0.0516. The highest BCUT2D eigenvalue weighted by atomic mass is 19.3. The lowest BCUT2D eigenvalue weighted by Gasteiger charge is -2.24. The van der Waals surface area contributed by atoms with E-state index >= 15 is 0 Å². The molecule has 1 atom stereocenters. The van der Waals surface area contributed by atoms with Crippen molar-refractivity contribution in [3.05, 3.63) is 29.3 Å². The van der Waals surface area contributed by atoms with Gasteiger partial charge < -0.3 is 10.5 Å². The maximum absolute atomic E-state index is 12.4. The second-order valence-corrected chi connectivity index (χ2v) is 4.77. The molecule has 4 heteroatoms. The van der Waals surface area contributed by atoms with Crippen LogP contribution in [0.3, 0.4) is 0 Å². The van der Waals surface area contributed by atoms with Crippen molar-refractivity contribution in [2.24, 2.45) is 5.73 Å². The number of benzene rings is 1. The molecule has 1 unspecified atom stereocenters. The van der Waals surface area contributed by atoms with Gasteiger partial charge in [-0.25, -0.2) is 0 Å². The first kappa shape index (κ1) is 12.3. The topological polar surface area (TPSA) is 35.2 Å². The summed E-state index contributed by atoms with van der Waals surface area (Å²) in [4.78, 5) is 0. The smallest absolute Gasteiger partial charge is 0.387 e. The van der Waals surface area contributed by atoms with E-state index in [0.29, 0.717) is 5.75 Å². The molecule has 94 valence electrons. The second kappa shape index (κ2) is 4.26. The van der Waals surface area contributed by atoms with Crippen LogP contribution in [0.4, 0.5) is 8.78 Å². The molecule has 17 heavy (non-hydrogen) atoms. The van der Waals surface area contributed by atoms with E-state index in [1.165, 1.54) is 0 Å². The van der Waals surface area contributed by atoms with Crippen LogP contribution in [0.2, 0.25) is 0 Å². The normalized spacial score (nSPS) is 19.2. The molecular weight excluding hydrogens is 224 g/mol. The molecular formula is C13H17F2NO. The number of alkyl halides is 2. The van der Waals surface area contributed by atoms with E-state index in [9.17, 15) is 8.78 Å². The number of rotatable bonds is 4. The average Bonchev–Trinajstić information content (AvgIpc) is 3.01. The molecule has 0 bridgehead atoms. The largest absolute Gasteiger partial charge is 0.434 e. The van der Waals surface area contributed by atoms with Crippen LogP contribution < -0.4 is 10.5 Å². The molecule has 2 N–H and O–H groups in total. The first-order valence-corrected chi connectivity index (χ1v) is 5.78. The summed E-state index contributed by atoms with van der Waals surface area (Å²) in [5, 5.41) is 0. The third-order valence-electron chi connectivity index (χ3n) is 3.62. The van der Waals surface area contributed by atoms with E-state index < -0.39 is 6.61 Å². The number of hydrogen-bond donors (Lipinski definition) is 1. The van der Waals surface area contributed by atoms with E-state index in [0.717, 1.165) is 24.0 Å². The molecule has 0 amide bonds. The lowest BCUT2D eigenvalue weighted by Crippen LogP contribution is -2.32. The molecule has 0 aromatic heterocycles. The summed E-state index contributed by atoms with van der Waals surface area (Å²) >= 11 is 0. The van der Waals surface area contributed by atoms with E-state index in [1.54, 1.807) is 13.0 Å². The molecule has 2 rings (SSSR count). The summed E-state index contributed by atoms with van der Waals surface area (Å²) < 4.78 is 29.5. The Labute approximate surface area is 99.8 Å². The molecule has 1 aliphatic carbocycles. The van der Waals surface area contributed by atoms with Crippen molar-refractivity contribution in [3.8, 4) is 5.75 Å². The molecule has 1 aliphatic rings. The molecule has 1 fully saturated rings. The zero-order chi connectivity index (χ0) is 12.6. The van der Waals surface area contributed by atoms with Crippen molar-refractivity contribution in [1.29, 1.82) is 0 Å². The van der Waals surface area contributed by atoms with Crippen molar-refractivity contribution in [2.45, 2.75) is 44.8 Å². The van der Waals surface area contributed by atoms with Crippen LogP contribution in [0, 0.1) is 6.92 Å². The van der Waals surface area contributed by atoms with Crippen molar-refractivity contribution >= 4 is 0 Å². The zero-order valence-corrected chi connectivity index (χ0v) is 10.0. The lowest BCUT2D eigenvalue weighted by atomic mass is 9.87. The standard InChI is InChI=1S/C13H17F2NO/c1-8-4-3-5-10(11(8)17-12(14)15)13(6-7-13)9(2)16/h3-5,9,12H,6-7,16H2,1-2H3. The third kappa shape index (κ3) is 2.14. The molecule has 0 radical (unpaired) electrons. The number of hydrogen-bond acceptors (Lipinski definition) is 2. The van der Waals surface area contributed by atoms with Crippen molar-refractivity contribution in [3.63, 3.8) is 0 Å². The fraction of sp³-hybridized carbons (Fsp3) is 0.538. The van der Waals surface area contributed by atoms with E-state index in [2.05, 4.69) is 4.74 Å². The monoisotopic (exact) mass is 241 g/mol. The minimum atomic E-state index is -2.79. The number of halogens is 2. The summed E-state index contributed by atoms with van der Waals surface area (Å²) in [5.74, 6) is 0.303. The first-order chi connectivity index (χ1) is 7.97. The van der Waals surface area contributed by atoms with Crippen molar-refractivity contribution in [1.82, 2.24) is 0 Å². The van der Waals surface area contributed by atoms with Gasteiger partial charge in [-0.05, 0) is 32.3 Å². The van der Waals surface area contributed by atoms with Crippen molar-refractivity contribution in [2.75, 3.05) is 0 Å². The highest BCUT2D eigenvalue weighted by Crippen LogP contribution is 2.53. The predicted octanol–water partition coefficient (Wildman–Crippen LogP) is 2.98. The maximum Gasteiger partial charge on any atom is 0.387 e. The van der Waals surface area contributed by atoms with Gasteiger partial charge in [0.25, 0.3) is 0 Å². The molecule has 0 saturated heterocycles. The SMILES string of the molecule is Cc1cccc(C2(C(C)N)CC2)c1OC(F)F. The van der Waals surface area contributed by atoms with E-state index in [4.69, 9.17) is 5.73 Å². The number of aryl methyl sites for hydroxylation is 1. The van der Waals surface area contributed by atoms with Crippen LogP contribution in [0.1, 0.15) is 30.9 Å². The van der Waals surface area contributed by atoms with Gasteiger partial charge in [0.05, 0.1) is 0 Å². The Morgan fingerprint density at radius 1 is 1.35 bits per heavy atom. The summed E-state index contributed by atoms with van der Waals surface area (Å²) in [7, 11) is 0.